The van der Waals surface area contributed by atoms with E-state index in [1.165, 1.54) is 10.4 Å². The monoisotopic (exact) mass is 391 g/mol. The Kier molecular flexibility index (Phi) is 5.66. The van der Waals surface area contributed by atoms with Gasteiger partial charge in [0.25, 0.3) is 8.32 Å². The molecule has 0 N–H and O–H groups in total. The van der Waals surface area contributed by atoms with Crippen LogP contribution in [0.5, 0.6) is 0 Å². The third-order valence-corrected chi connectivity index (χ3v) is 9.10. The van der Waals surface area contributed by atoms with Crippen LogP contribution in [-0.2, 0) is 9.16 Å². The molecule has 0 bridgehead atoms. The highest BCUT2D eigenvalue weighted by molar-refractivity contribution is 9.10. The summed E-state index contributed by atoms with van der Waals surface area (Å²) in [4.78, 5) is 2.48. The molecular formula is C18H22BrNO2Si. The minimum absolute atomic E-state index is 0.809. The average molecular weight is 392 g/mol. The lowest BCUT2D eigenvalue weighted by Gasteiger charge is -2.37. The summed E-state index contributed by atoms with van der Waals surface area (Å²) in [6.45, 7) is 3.57. The van der Waals surface area contributed by atoms with Crippen LogP contribution in [0.1, 0.15) is 0 Å². The van der Waals surface area contributed by atoms with Crippen molar-refractivity contribution >= 4 is 34.6 Å². The summed E-state index contributed by atoms with van der Waals surface area (Å²) in [6, 6.07) is 19.3. The molecule has 1 heterocycles. The summed E-state index contributed by atoms with van der Waals surface area (Å²) in [7, 11) is -0.420. The zero-order valence-electron chi connectivity index (χ0n) is 13.4. The number of rotatable bonds is 5. The smallest absolute Gasteiger partial charge is 0.269 e. The molecule has 0 aromatic heterocycles. The number of benzene rings is 2. The van der Waals surface area contributed by atoms with Crippen LogP contribution < -0.4 is 10.4 Å². The molecule has 1 aliphatic rings. The summed E-state index contributed by atoms with van der Waals surface area (Å²) in [5.74, 6) is 0. The van der Waals surface area contributed by atoms with Crippen LogP contribution in [0.3, 0.4) is 0 Å². The van der Waals surface area contributed by atoms with Gasteiger partial charge in [-0.3, -0.25) is 4.90 Å². The number of morpholine rings is 1. The SMILES string of the molecule is CO[Si](CN1CCOCC1)(c1ccccc1)c1ccc(Br)cc1. The van der Waals surface area contributed by atoms with E-state index in [0.717, 1.165) is 36.9 Å². The lowest BCUT2D eigenvalue weighted by molar-refractivity contribution is 0.0442. The Morgan fingerprint density at radius 2 is 1.61 bits per heavy atom. The van der Waals surface area contributed by atoms with E-state index in [1.54, 1.807) is 0 Å². The van der Waals surface area contributed by atoms with Gasteiger partial charge in [-0.05, 0) is 22.5 Å². The van der Waals surface area contributed by atoms with Crippen LogP contribution in [0.25, 0.3) is 0 Å². The topological polar surface area (TPSA) is 21.7 Å². The van der Waals surface area contributed by atoms with Crippen molar-refractivity contribution < 1.29 is 9.16 Å². The van der Waals surface area contributed by atoms with Gasteiger partial charge in [-0.1, -0.05) is 58.4 Å². The molecule has 1 fully saturated rings. The first kappa shape index (κ1) is 16.9. The van der Waals surface area contributed by atoms with Crippen LogP contribution in [-0.4, -0.2) is 52.8 Å². The Morgan fingerprint density at radius 3 is 2.22 bits per heavy atom. The van der Waals surface area contributed by atoms with Gasteiger partial charge in [0, 0.05) is 30.8 Å². The fourth-order valence-corrected chi connectivity index (χ4v) is 7.10. The number of nitrogens with zero attached hydrogens (tertiary/aromatic N) is 1. The highest BCUT2D eigenvalue weighted by Crippen LogP contribution is 2.13. The summed E-state index contributed by atoms with van der Waals surface area (Å²) in [5.41, 5.74) is 0. The molecule has 0 amide bonds. The largest absolute Gasteiger partial charge is 0.410 e. The molecule has 2 aromatic rings. The van der Waals surface area contributed by atoms with Crippen molar-refractivity contribution in [2.24, 2.45) is 0 Å². The van der Waals surface area contributed by atoms with Crippen molar-refractivity contribution in [2.45, 2.75) is 0 Å². The Morgan fingerprint density at radius 1 is 1.00 bits per heavy atom. The zero-order chi connectivity index (χ0) is 16.1. The van der Waals surface area contributed by atoms with Gasteiger partial charge in [-0.2, -0.15) is 0 Å². The second-order valence-corrected chi connectivity index (χ2v) is 10.2. The summed E-state index contributed by atoms with van der Waals surface area (Å²) >= 11 is 3.54. The van der Waals surface area contributed by atoms with Crippen LogP contribution in [0.15, 0.2) is 59.1 Å². The summed E-state index contributed by atoms with van der Waals surface area (Å²) < 4.78 is 12.9. The molecule has 1 aliphatic heterocycles. The van der Waals surface area contributed by atoms with Crippen LogP contribution in [0.4, 0.5) is 0 Å². The maximum absolute atomic E-state index is 6.29. The van der Waals surface area contributed by atoms with E-state index in [0.29, 0.717) is 0 Å². The molecule has 122 valence electrons. The second-order valence-electron chi connectivity index (χ2n) is 5.79. The van der Waals surface area contributed by atoms with Gasteiger partial charge >= 0.3 is 0 Å². The standard InChI is InChI=1S/C18H22BrNO2Si/c1-21-23(17-5-3-2-4-6-17,15-20-11-13-22-14-12-20)18-9-7-16(19)8-10-18/h2-10H,11-15H2,1H3. The molecule has 1 saturated heterocycles. The molecule has 0 aliphatic carbocycles. The minimum Gasteiger partial charge on any atom is -0.410 e. The Hall–Kier alpha value is -0.983. The summed E-state index contributed by atoms with van der Waals surface area (Å²) in [5, 5.41) is 2.62. The van der Waals surface area contributed by atoms with E-state index in [9.17, 15) is 0 Å². The van der Waals surface area contributed by atoms with Gasteiger partial charge in [0.1, 0.15) is 0 Å². The summed E-state index contributed by atoms with van der Waals surface area (Å²) in [6.07, 6.45) is 0.957. The maximum Gasteiger partial charge on any atom is 0.269 e. The lowest BCUT2D eigenvalue weighted by Crippen LogP contribution is -2.67. The van der Waals surface area contributed by atoms with Crippen LogP contribution >= 0.6 is 15.9 Å². The van der Waals surface area contributed by atoms with E-state index in [4.69, 9.17) is 9.16 Å². The van der Waals surface area contributed by atoms with Gasteiger partial charge in [0.2, 0.25) is 0 Å². The Labute approximate surface area is 147 Å². The fourth-order valence-electron chi connectivity index (χ4n) is 3.15. The molecule has 23 heavy (non-hydrogen) atoms. The molecule has 5 heteroatoms. The van der Waals surface area contributed by atoms with E-state index >= 15 is 0 Å². The van der Waals surface area contributed by atoms with Crippen LogP contribution in [0, 0.1) is 0 Å². The van der Waals surface area contributed by atoms with Crippen molar-refractivity contribution in [1.82, 2.24) is 4.90 Å². The van der Waals surface area contributed by atoms with Gasteiger partial charge in [0.05, 0.1) is 13.2 Å². The predicted octanol–water partition coefficient (Wildman–Crippen LogP) is 2.03. The Bertz CT molecular complexity index is 617. The number of ether oxygens (including phenoxy) is 1. The van der Waals surface area contributed by atoms with Gasteiger partial charge in [-0.15, -0.1) is 0 Å². The molecule has 0 saturated carbocycles. The maximum atomic E-state index is 6.29. The number of hydrogen-bond donors (Lipinski definition) is 0. The molecule has 3 rings (SSSR count). The third kappa shape index (κ3) is 3.75. The zero-order valence-corrected chi connectivity index (χ0v) is 16.0. The predicted molar refractivity (Wildman–Crippen MR) is 99.9 cm³/mol. The normalized spacial score (nSPS) is 18.5. The minimum atomic E-state index is -2.28. The first-order valence-corrected chi connectivity index (χ1v) is 10.8. The van der Waals surface area contributed by atoms with E-state index in [-0.39, 0.29) is 0 Å². The number of hydrogen-bond acceptors (Lipinski definition) is 3. The second kappa shape index (κ2) is 7.72. The molecule has 0 spiro atoms. The molecule has 0 radical (unpaired) electrons. The molecule has 1 atom stereocenters. The van der Waals surface area contributed by atoms with Gasteiger partial charge in [0.15, 0.2) is 0 Å². The van der Waals surface area contributed by atoms with Crippen molar-refractivity contribution in [3.05, 3.63) is 59.1 Å². The molecular weight excluding hydrogens is 370 g/mol. The lowest BCUT2D eigenvalue weighted by atomic mass is 10.4. The first-order valence-electron chi connectivity index (χ1n) is 7.91. The quantitative estimate of drug-likeness (QED) is 0.727. The van der Waals surface area contributed by atoms with Crippen LogP contribution in [0.2, 0.25) is 0 Å². The number of halogens is 1. The average Bonchev–Trinajstić information content (AvgIpc) is 2.62. The molecule has 1 unspecified atom stereocenters. The van der Waals surface area contributed by atoms with Crippen molar-refractivity contribution in [1.29, 1.82) is 0 Å². The Balaban J connectivity index is 2.01. The van der Waals surface area contributed by atoms with Crippen molar-refractivity contribution in [2.75, 3.05) is 39.6 Å². The van der Waals surface area contributed by atoms with E-state index in [1.807, 2.05) is 7.11 Å². The van der Waals surface area contributed by atoms with E-state index in [2.05, 4.69) is 75.4 Å². The fraction of sp³-hybridized carbons (Fsp3) is 0.333. The van der Waals surface area contributed by atoms with Crippen molar-refractivity contribution in [3.8, 4) is 0 Å². The molecule has 3 nitrogen and oxygen atoms in total. The van der Waals surface area contributed by atoms with Gasteiger partial charge < -0.3 is 9.16 Å². The highest BCUT2D eigenvalue weighted by atomic mass is 79.9. The van der Waals surface area contributed by atoms with E-state index < -0.39 is 8.32 Å². The van der Waals surface area contributed by atoms with Gasteiger partial charge in [-0.25, -0.2) is 0 Å². The molecule has 2 aromatic carbocycles. The third-order valence-electron chi connectivity index (χ3n) is 4.45. The highest BCUT2D eigenvalue weighted by Gasteiger charge is 2.40. The first-order chi connectivity index (χ1) is 11.2. The van der Waals surface area contributed by atoms with Crippen molar-refractivity contribution in [3.63, 3.8) is 0 Å².